The Bertz CT molecular complexity index is 537. The number of hydrogen-bond donors (Lipinski definition) is 1. The Balaban J connectivity index is 2.09. The Kier molecular flexibility index (Phi) is 10.6. The Labute approximate surface area is 170 Å². The second-order valence-electron chi connectivity index (χ2n) is 8.34. The van der Waals surface area contributed by atoms with Gasteiger partial charge in [0.15, 0.2) is 0 Å². The highest BCUT2D eigenvalue weighted by atomic mass is 16.5. The van der Waals surface area contributed by atoms with Gasteiger partial charge >= 0.3 is 5.97 Å². The predicted molar refractivity (Wildman–Crippen MR) is 112 cm³/mol. The van der Waals surface area contributed by atoms with Crippen LogP contribution < -0.4 is 0 Å². The van der Waals surface area contributed by atoms with Crippen LogP contribution in [0.15, 0.2) is 24.3 Å². The van der Waals surface area contributed by atoms with Gasteiger partial charge in [0.05, 0.1) is 6.10 Å². The number of ketones is 1. The third-order valence-corrected chi connectivity index (χ3v) is 5.96. The minimum Gasteiger partial charge on any atom is -0.458 e. The van der Waals surface area contributed by atoms with Crippen molar-refractivity contribution >= 4 is 11.8 Å². The van der Waals surface area contributed by atoms with E-state index in [1.54, 1.807) is 0 Å². The third-order valence-electron chi connectivity index (χ3n) is 5.96. The van der Waals surface area contributed by atoms with Gasteiger partial charge < -0.3 is 9.84 Å². The van der Waals surface area contributed by atoms with E-state index in [9.17, 15) is 14.7 Å². The van der Waals surface area contributed by atoms with Crippen molar-refractivity contribution < 1.29 is 19.4 Å². The van der Waals surface area contributed by atoms with Crippen LogP contribution in [0.3, 0.4) is 0 Å². The number of aliphatic hydroxyl groups is 1. The molecule has 0 spiro atoms. The van der Waals surface area contributed by atoms with Gasteiger partial charge in [-0.05, 0) is 44.6 Å². The Morgan fingerprint density at radius 3 is 2.64 bits per heavy atom. The van der Waals surface area contributed by atoms with Gasteiger partial charge in [-0.25, -0.2) is 0 Å². The van der Waals surface area contributed by atoms with E-state index in [1.807, 2.05) is 12.2 Å². The number of carbonyl (C=O) groups is 2. The van der Waals surface area contributed by atoms with Crippen LogP contribution in [0.5, 0.6) is 0 Å². The van der Waals surface area contributed by atoms with Crippen LogP contribution in [-0.4, -0.2) is 29.1 Å². The average molecular weight is 391 g/mol. The summed E-state index contributed by atoms with van der Waals surface area (Å²) in [5.74, 6) is -0.327. The smallest absolute Gasteiger partial charge is 0.306 e. The number of Topliss-reactive ketones (excluding diaryl/α,β-unsaturated/α-hetero) is 1. The summed E-state index contributed by atoms with van der Waals surface area (Å²) < 4.78 is 5.73. The van der Waals surface area contributed by atoms with Crippen LogP contribution in [0.4, 0.5) is 0 Å². The molecule has 0 unspecified atom stereocenters. The molecule has 2 rings (SSSR count). The van der Waals surface area contributed by atoms with Gasteiger partial charge in [0.1, 0.15) is 11.9 Å². The SMILES string of the molecule is CCCCC[C@H]1/C=C/[C@H]2[C@H](O)CC(=O)[C@@H]2C/C=C\CCCCCCCC(=O)O1. The van der Waals surface area contributed by atoms with Crippen molar-refractivity contribution in [2.75, 3.05) is 0 Å². The van der Waals surface area contributed by atoms with Gasteiger partial charge in [-0.3, -0.25) is 9.59 Å². The van der Waals surface area contributed by atoms with E-state index in [2.05, 4.69) is 19.1 Å². The molecular weight excluding hydrogens is 352 g/mol. The molecule has 1 aliphatic carbocycles. The molecule has 0 saturated heterocycles. The van der Waals surface area contributed by atoms with Crippen molar-refractivity contribution in [2.45, 2.75) is 103 Å². The highest BCUT2D eigenvalue weighted by Crippen LogP contribution is 2.33. The van der Waals surface area contributed by atoms with Crippen molar-refractivity contribution in [3.63, 3.8) is 0 Å². The highest BCUT2D eigenvalue weighted by molar-refractivity contribution is 5.84. The number of carbonyl (C=O) groups excluding carboxylic acids is 2. The van der Waals surface area contributed by atoms with Gasteiger partial charge in [0.25, 0.3) is 0 Å². The maximum atomic E-state index is 12.3. The van der Waals surface area contributed by atoms with E-state index in [0.717, 1.165) is 57.8 Å². The van der Waals surface area contributed by atoms with Crippen molar-refractivity contribution in [1.29, 1.82) is 0 Å². The maximum Gasteiger partial charge on any atom is 0.306 e. The van der Waals surface area contributed by atoms with E-state index in [1.165, 1.54) is 6.42 Å². The van der Waals surface area contributed by atoms with Crippen LogP contribution in [0.25, 0.3) is 0 Å². The molecule has 28 heavy (non-hydrogen) atoms. The number of fused-ring (bicyclic) bond motifs is 1. The quantitative estimate of drug-likeness (QED) is 0.402. The molecule has 1 aliphatic heterocycles. The zero-order valence-corrected chi connectivity index (χ0v) is 17.5. The molecule has 0 aromatic heterocycles. The summed E-state index contributed by atoms with van der Waals surface area (Å²) in [6.45, 7) is 2.15. The molecule has 0 aromatic rings. The molecule has 1 heterocycles. The monoisotopic (exact) mass is 390 g/mol. The third kappa shape index (κ3) is 7.90. The normalized spacial score (nSPS) is 32.9. The van der Waals surface area contributed by atoms with E-state index < -0.39 is 6.10 Å². The largest absolute Gasteiger partial charge is 0.458 e. The maximum absolute atomic E-state index is 12.3. The molecule has 0 radical (unpaired) electrons. The molecular formula is C24H38O4. The van der Waals surface area contributed by atoms with Gasteiger partial charge in [0, 0.05) is 24.7 Å². The van der Waals surface area contributed by atoms with Gasteiger partial charge in [0.2, 0.25) is 0 Å². The summed E-state index contributed by atoms with van der Waals surface area (Å²) in [5.41, 5.74) is 0. The van der Waals surface area contributed by atoms with E-state index in [4.69, 9.17) is 4.74 Å². The Morgan fingerprint density at radius 2 is 1.82 bits per heavy atom. The number of allylic oxidation sites excluding steroid dienone is 2. The lowest BCUT2D eigenvalue weighted by Gasteiger charge is -2.19. The topological polar surface area (TPSA) is 63.6 Å². The van der Waals surface area contributed by atoms with E-state index >= 15 is 0 Å². The molecule has 0 amide bonds. The number of rotatable bonds is 4. The van der Waals surface area contributed by atoms with E-state index in [0.29, 0.717) is 12.8 Å². The van der Waals surface area contributed by atoms with Crippen LogP contribution in [0, 0.1) is 11.8 Å². The molecule has 4 atom stereocenters. The molecule has 2 aliphatic rings. The van der Waals surface area contributed by atoms with Crippen LogP contribution in [0.2, 0.25) is 0 Å². The van der Waals surface area contributed by atoms with Crippen molar-refractivity contribution in [2.24, 2.45) is 11.8 Å². The standard InChI is InChI=1S/C24H38O4/c1-2-3-10-13-19-16-17-21-20(22(25)18-23(21)26)14-11-8-6-4-5-7-9-12-15-24(27)28-19/h8,11,16-17,19-21,23,26H,2-7,9-10,12-15,18H2,1H3/b11-8-,17-16+/t19-,20+,21+,23+/m0/s1. The second-order valence-corrected chi connectivity index (χ2v) is 8.34. The molecule has 1 fully saturated rings. The fourth-order valence-electron chi connectivity index (χ4n) is 4.22. The lowest BCUT2D eigenvalue weighted by Crippen LogP contribution is -2.20. The minimum absolute atomic E-state index is 0.128. The predicted octanol–water partition coefficient (Wildman–Crippen LogP) is 5.29. The van der Waals surface area contributed by atoms with Gasteiger partial charge in [-0.15, -0.1) is 0 Å². The van der Waals surface area contributed by atoms with Crippen molar-refractivity contribution in [3.05, 3.63) is 24.3 Å². The molecule has 0 aromatic carbocycles. The first kappa shape index (κ1) is 22.9. The number of unbranched alkanes of at least 4 members (excludes halogenated alkanes) is 2. The summed E-state index contributed by atoms with van der Waals surface area (Å²) in [5, 5.41) is 10.4. The molecule has 4 nitrogen and oxygen atoms in total. The molecule has 4 heteroatoms. The van der Waals surface area contributed by atoms with E-state index in [-0.39, 0.29) is 36.1 Å². The van der Waals surface area contributed by atoms with Gasteiger partial charge in [-0.1, -0.05) is 57.3 Å². The number of esters is 1. The summed E-state index contributed by atoms with van der Waals surface area (Å²) in [6.07, 6.45) is 19.2. The number of cyclic esters (lactones) is 1. The van der Waals surface area contributed by atoms with Crippen LogP contribution in [-0.2, 0) is 14.3 Å². The molecule has 158 valence electrons. The highest BCUT2D eigenvalue weighted by Gasteiger charge is 2.39. The Morgan fingerprint density at radius 1 is 1.04 bits per heavy atom. The van der Waals surface area contributed by atoms with Crippen LogP contribution >= 0.6 is 0 Å². The Hall–Kier alpha value is -1.42. The first-order valence-electron chi connectivity index (χ1n) is 11.4. The average Bonchev–Trinajstić information content (AvgIpc) is 2.93. The summed E-state index contributed by atoms with van der Waals surface area (Å²) in [7, 11) is 0. The molecule has 1 N–H and O–H groups in total. The van der Waals surface area contributed by atoms with Gasteiger partial charge in [-0.2, -0.15) is 0 Å². The lowest BCUT2D eigenvalue weighted by molar-refractivity contribution is -0.147. The number of aliphatic hydroxyl groups excluding tert-OH is 1. The fraction of sp³-hybridized carbons (Fsp3) is 0.750. The molecule has 0 bridgehead atoms. The van der Waals surface area contributed by atoms with Crippen molar-refractivity contribution in [3.8, 4) is 0 Å². The number of hydrogen-bond acceptors (Lipinski definition) is 4. The zero-order chi connectivity index (χ0) is 20.2. The first-order valence-corrected chi connectivity index (χ1v) is 11.4. The summed E-state index contributed by atoms with van der Waals surface area (Å²) >= 11 is 0. The second kappa shape index (κ2) is 12.9. The minimum atomic E-state index is -0.628. The fourth-order valence-corrected chi connectivity index (χ4v) is 4.22. The zero-order valence-electron chi connectivity index (χ0n) is 17.5. The van der Waals surface area contributed by atoms with Crippen molar-refractivity contribution in [1.82, 2.24) is 0 Å². The van der Waals surface area contributed by atoms with Crippen LogP contribution in [0.1, 0.15) is 90.4 Å². The first-order chi connectivity index (χ1) is 13.6. The lowest BCUT2D eigenvalue weighted by atomic mass is 9.90. The number of ether oxygens (including phenoxy) is 1. The summed E-state index contributed by atoms with van der Waals surface area (Å²) in [6, 6.07) is 0. The summed E-state index contributed by atoms with van der Waals surface area (Å²) in [4.78, 5) is 24.6. The molecule has 1 saturated carbocycles.